The summed E-state index contributed by atoms with van der Waals surface area (Å²) < 4.78 is 5.32. The molecule has 0 aliphatic heterocycles. The summed E-state index contributed by atoms with van der Waals surface area (Å²) in [6.45, 7) is 0.465. The third-order valence-corrected chi connectivity index (χ3v) is 4.28. The van der Waals surface area contributed by atoms with Crippen LogP contribution < -0.4 is 4.74 Å². The van der Waals surface area contributed by atoms with E-state index in [0.29, 0.717) is 19.4 Å². The zero-order chi connectivity index (χ0) is 15.3. The van der Waals surface area contributed by atoms with Crippen molar-refractivity contribution in [1.82, 2.24) is 4.90 Å². The topological polar surface area (TPSA) is 53.3 Å². The van der Waals surface area contributed by atoms with Crippen molar-refractivity contribution in [3.63, 3.8) is 0 Å². The Morgan fingerprint density at radius 2 is 2.00 bits per heavy atom. The van der Waals surface area contributed by atoms with Gasteiger partial charge in [-0.25, -0.2) is 0 Å². The number of carbonyl (C=O) groups excluding carboxylic acids is 1. The average Bonchev–Trinajstić information content (AvgIpc) is 2.55. The van der Waals surface area contributed by atoms with Gasteiger partial charge in [-0.3, -0.25) is 4.79 Å². The predicted octanol–water partition coefficient (Wildman–Crippen LogP) is 3.13. The van der Waals surface area contributed by atoms with Gasteiger partial charge in [0.2, 0.25) is 5.91 Å². The summed E-state index contributed by atoms with van der Waals surface area (Å²) in [4.78, 5) is 14.4. The van der Waals surface area contributed by atoms with E-state index in [4.69, 9.17) is 4.74 Å². The van der Waals surface area contributed by atoms with Crippen LogP contribution in [-0.2, 0) is 11.3 Å². The molecule has 0 bridgehead atoms. The maximum Gasteiger partial charge on any atom is 0.243 e. The van der Waals surface area contributed by atoms with Crippen molar-refractivity contribution in [3.8, 4) is 11.8 Å². The summed E-state index contributed by atoms with van der Waals surface area (Å²) >= 11 is 0. The minimum absolute atomic E-state index is 0.0596. The summed E-state index contributed by atoms with van der Waals surface area (Å²) in [5, 5.41) is 9.51. The number of ether oxygens (including phenoxy) is 1. The second-order valence-corrected chi connectivity index (χ2v) is 5.73. The Morgan fingerprint density at radius 3 is 2.62 bits per heavy atom. The SMILES string of the molecule is COc1ccccc1CN(C)C(=O)C1(C#N)CCCCC1. The maximum atomic E-state index is 12.7. The van der Waals surface area contributed by atoms with Crippen LogP contribution in [0.1, 0.15) is 37.7 Å². The zero-order valence-electron chi connectivity index (χ0n) is 12.8. The molecule has 0 atom stereocenters. The van der Waals surface area contributed by atoms with Gasteiger partial charge >= 0.3 is 0 Å². The Bertz CT molecular complexity index is 542. The maximum absolute atomic E-state index is 12.7. The lowest BCUT2D eigenvalue weighted by atomic mass is 9.74. The molecule has 4 heteroatoms. The Balaban J connectivity index is 2.14. The van der Waals surface area contributed by atoms with Crippen LogP contribution in [0.25, 0.3) is 0 Å². The zero-order valence-corrected chi connectivity index (χ0v) is 12.8. The summed E-state index contributed by atoms with van der Waals surface area (Å²) in [5.41, 5.74) is 0.134. The molecule has 0 aromatic heterocycles. The number of benzene rings is 1. The van der Waals surface area contributed by atoms with Gasteiger partial charge < -0.3 is 9.64 Å². The molecule has 1 saturated carbocycles. The van der Waals surface area contributed by atoms with Gasteiger partial charge in [0.1, 0.15) is 11.2 Å². The first kappa shape index (κ1) is 15.4. The highest BCUT2D eigenvalue weighted by Gasteiger charge is 2.41. The summed E-state index contributed by atoms with van der Waals surface area (Å²) in [5.74, 6) is 0.711. The molecule has 1 aromatic rings. The smallest absolute Gasteiger partial charge is 0.243 e. The Hall–Kier alpha value is -2.02. The number of methoxy groups -OCH3 is 1. The number of carbonyl (C=O) groups is 1. The predicted molar refractivity (Wildman–Crippen MR) is 80.6 cm³/mol. The van der Waals surface area contributed by atoms with Gasteiger partial charge in [-0.1, -0.05) is 37.5 Å². The molecule has 0 heterocycles. The van der Waals surface area contributed by atoms with E-state index in [2.05, 4.69) is 6.07 Å². The summed E-state index contributed by atoms with van der Waals surface area (Å²) in [6, 6.07) is 9.95. The van der Waals surface area contributed by atoms with Gasteiger partial charge in [-0.05, 0) is 18.9 Å². The largest absolute Gasteiger partial charge is 0.496 e. The molecule has 1 aromatic carbocycles. The fourth-order valence-electron chi connectivity index (χ4n) is 3.06. The molecule has 2 rings (SSSR count). The molecule has 0 N–H and O–H groups in total. The lowest BCUT2D eigenvalue weighted by molar-refractivity contribution is -0.139. The number of para-hydroxylation sites is 1. The van der Waals surface area contributed by atoms with E-state index < -0.39 is 5.41 Å². The number of nitrogens with zero attached hydrogens (tertiary/aromatic N) is 2. The minimum atomic E-state index is -0.824. The molecular weight excluding hydrogens is 264 g/mol. The van der Waals surface area contributed by atoms with E-state index in [1.807, 2.05) is 24.3 Å². The highest BCUT2D eigenvalue weighted by Crippen LogP contribution is 2.37. The Labute approximate surface area is 126 Å². The first-order valence-corrected chi connectivity index (χ1v) is 7.42. The Morgan fingerprint density at radius 1 is 1.33 bits per heavy atom. The van der Waals surface area contributed by atoms with Crippen molar-refractivity contribution in [3.05, 3.63) is 29.8 Å². The monoisotopic (exact) mass is 286 g/mol. The molecule has 112 valence electrons. The molecule has 4 nitrogen and oxygen atoms in total. The first-order valence-electron chi connectivity index (χ1n) is 7.42. The van der Waals surface area contributed by atoms with Gasteiger partial charge in [0, 0.05) is 19.2 Å². The van der Waals surface area contributed by atoms with Crippen molar-refractivity contribution >= 4 is 5.91 Å². The van der Waals surface area contributed by atoms with Gasteiger partial charge in [0.05, 0.1) is 13.2 Å². The van der Waals surface area contributed by atoms with Crippen molar-refractivity contribution in [2.45, 2.75) is 38.6 Å². The first-order chi connectivity index (χ1) is 10.1. The van der Waals surface area contributed by atoms with Crippen LogP contribution in [0.4, 0.5) is 0 Å². The second kappa shape index (κ2) is 6.62. The van der Waals surface area contributed by atoms with E-state index in [9.17, 15) is 10.1 Å². The lowest BCUT2D eigenvalue weighted by Gasteiger charge is -2.33. The lowest BCUT2D eigenvalue weighted by Crippen LogP contribution is -2.42. The standard InChI is InChI=1S/C17H22N2O2/c1-19(12-14-8-4-5-9-15(14)21-2)16(20)17(13-18)10-6-3-7-11-17/h4-5,8-9H,3,6-7,10-12H2,1-2H3. The van der Waals surface area contributed by atoms with Crippen molar-refractivity contribution in [2.24, 2.45) is 5.41 Å². The summed E-state index contributed by atoms with van der Waals surface area (Å²) in [6.07, 6.45) is 4.40. The van der Waals surface area contributed by atoms with Crippen LogP contribution in [-0.4, -0.2) is 25.0 Å². The van der Waals surface area contributed by atoms with E-state index in [0.717, 1.165) is 30.6 Å². The van der Waals surface area contributed by atoms with Crippen LogP contribution in [0.3, 0.4) is 0 Å². The fraction of sp³-hybridized carbons (Fsp3) is 0.529. The van der Waals surface area contributed by atoms with Gasteiger partial charge in [0.25, 0.3) is 0 Å². The van der Waals surface area contributed by atoms with E-state index in [-0.39, 0.29) is 5.91 Å². The number of rotatable bonds is 4. The molecule has 1 aliphatic carbocycles. The van der Waals surface area contributed by atoms with Crippen LogP contribution in [0.2, 0.25) is 0 Å². The van der Waals surface area contributed by atoms with Crippen LogP contribution in [0.15, 0.2) is 24.3 Å². The van der Waals surface area contributed by atoms with Crippen molar-refractivity contribution < 1.29 is 9.53 Å². The van der Waals surface area contributed by atoms with Crippen molar-refractivity contribution in [1.29, 1.82) is 5.26 Å². The minimum Gasteiger partial charge on any atom is -0.496 e. The number of hydrogen-bond donors (Lipinski definition) is 0. The van der Waals surface area contributed by atoms with Crippen LogP contribution in [0.5, 0.6) is 5.75 Å². The van der Waals surface area contributed by atoms with E-state index in [1.54, 1.807) is 19.1 Å². The quantitative estimate of drug-likeness (QED) is 0.854. The van der Waals surface area contributed by atoms with Gasteiger partial charge in [0.15, 0.2) is 0 Å². The third-order valence-electron chi connectivity index (χ3n) is 4.28. The molecule has 0 spiro atoms. The van der Waals surface area contributed by atoms with E-state index in [1.165, 1.54) is 0 Å². The average molecular weight is 286 g/mol. The molecule has 0 unspecified atom stereocenters. The normalized spacial score (nSPS) is 16.8. The second-order valence-electron chi connectivity index (χ2n) is 5.73. The number of amides is 1. The molecule has 1 aliphatic rings. The van der Waals surface area contributed by atoms with Crippen LogP contribution in [0, 0.1) is 16.7 Å². The van der Waals surface area contributed by atoms with Gasteiger partial charge in [-0.15, -0.1) is 0 Å². The molecule has 0 saturated heterocycles. The fourth-order valence-corrected chi connectivity index (χ4v) is 3.06. The molecular formula is C17H22N2O2. The number of nitriles is 1. The summed E-state index contributed by atoms with van der Waals surface area (Å²) in [7, 11) is 3.39. The van der Waals surface area contributed by atoms with E-state index >= 15 is 0 Å². The third kappa shape index (κ3) is 3.18. The Kier molecular flexibility index (Phi) is 4.85. The molecule has 21 heavy (non-hydrogen) atoms. The van der Waals surface area contributed by atoms with Crippen molar-refractivity contribution in [2.75, 3.05) is 14.2 Å². The number of hydrogen-bond acceptors (Lipinski definition) is 3. The molecule has 0 radical (unpaired) electrons. The van der Waals surface area contributed by atoms with Crippen LogP contribution >= 0.6 is 0 Å². The molecule has 1 fully saturated rings. The van der Waals surface area contributed by atoms with Gasteiger partial charge in [-0.2, -0.15) is 5.26 Å². The highest BCUT2D eigenvalue weighted by atomic mass is 16.5. The molecule has 1 amide bonds. The highest BCUT2D eigenvalue weighted by molar-refractivity contribution is 5.85.